The number of nitrogen functional groups attached to an aromatic ring is 1. The number of hydrogen-bond donors (Lipinski definition) is 1. The zero-order valence-electron chi connectivity index (χ0n) is 10.7. The lowest BCUT2D eigenvalue weighted by atomic mass is 10.2. The van der Waals surface area contributed by atoms with E-state index in [1.165, 1.54) is 24.3 Å². The van der Waals surface area contributed by atoms with Gasteiger partial charge in [-0.15, -0.1) is 0 Å². The number of sulfone groups is 1. The number of nitriles is 1. The predicted octanol–water partition coefficient (Wildman–Crippen LogP) is 2.39. The van der Waals surface area contributed by atoms with Crippen molar-refractivity contribution in [3.8, 4) is 6.07 Å². The normalized spacial score (nSPS) is 11.1. The first kappa shape index (κ1) is 14.9. The van der Waals surface area contributed by atoms with Crippen molar-refractivity contribution in [3.05, 3.63) is 59.2 Å². The minimum Gasteiger partial charge on any atom is -0.399 e. The van der Waals surface area contributed by atoms with E-state index in [2.05, 4.69) is 0 Å². The number of nitrogens with two attached hydrogens (primary N) is 1. The average Bonchev–Trinajstić information content (AvgIpc) is 2.36. The molecule has 108 valence electrons. The summed E-state index contributed by atoms with van der Waals surface area (Å²) in [6.07, 6.45) is 0. The first-order chi connectivity index (χ1) is 9.83. The molecule has 2 rings (SSSR count). The average molecular weight is 308 g/mol. The lowest BCUT2D eigenvalue weighted by Gasteiger charge is -2.08. The van der Waals surface area contributed by atoms with Crippen LogP contribution < -0.4 is 5.73 Å². The minimum absolute atomic E-state index is 0.199. The van der Waals surface area contributed by atoms with Gasteiger partial charge in [-0.25, -0.2) is 17.2 Å². The monoisotopic (exact) mass is 308 g/mol. The van der Waals surface area contributed by atoms with Crippen molar-refractivity contribution >= 4 is 15.5 Å². The fourth-order valence-electron chi connectivity index (χ4n) is 1.90. The van der Waals surface area contributed by atoms with E-state index in [-0.39, 0.29) is 16.8 Å². The molecule has 0 saturated carbocycles. The number of hydrogen-bond acceptors (Lipinski definition) is 4. The number of nitrogens with zero attached hydrogens (tertiary/aromatic N) is 1. The highest BCUT2D eigenvalue weighted by atomic mass is 32.2. The van der Waals surface area contributed by atoms with Crippen molar-refractivity contribution in [2.75, 3.05) is 5.73 Å². The van der Waals surface area contributed by atoms with Gasteiger partial charge in [-0.05, 0) is 29.8 Å². The Morgan fingerprint density at radius 3 is 2.33 bits per heavy atom. The van der Waals surface area contributed by atoms with E-state index >= 15 is 0 Å². The summed E-state index contributed by atoms with van der Waals surface area (Å²) in [5, 5.41) is 8.76. The lowest BCUT2D eigenvalue weighted by Crippen LogP contribution is -2.10. The smallest absolute Gasteiger partial charge is 0.188 e. The standard InChI is InChI=1S/C14H10F2N2O2S/c15-12-5-11(18)6-13(16)14(12)21(19,20)8-10-3-1-2-9(4-10)7-17/h1-6H,8,18H2. The van der Waals surface area contributed by atoms with Crippen LogP contribution in [0.15, 0.2) is 41.3 Å². The Kier molecular flexibility index (Phi) is 3.91. The van der Waals surface area contributed by atoms with E-state index in [1.807, 2.05) is 6.07 Å². The van der Waals surface area contributed by atoms with Crippen molar-refractivity contribution in [3.63, 3.8) is 0 Å². The molecule has 0 saturated heterocycles. The topological polar surface area (TPSA) is 84.0 Å². The third kappa shape index (κ3) is 3.17. The molecule has 2 N–H and O–H groups in total. The van der Waals surface area contributed by atoms with Gasteiger partial charge in [0.25, 0.3) is 0 Å². The van der Waals surface area contributed by atoms with Gasteiger partial charge >= 0.3 is 0 Å². The highest BCUT2D eigenvalue weighted by Gasteiger charge is 2.25. The molecule has 2 aromatic rings. The maximum atomic E-state index is 13.7. The highest BCUT2D eigenvalue weighted by molar-refractivity contribution is 7.90. The Morgan fingerprint density at radius 2 is 1.76 bits per heavy atom. The summed E-state index contributed by atoms with van der Waals surface area (Å²) in [7, 11) is -4.23. The Morgan fingerprint density at radius 1 is 1.14 bits per heavy atom. The van der Waals surface area contributed by atoms with E-state index in [4.69, 9.17) is 11.0 Å². The van der Waals surface area contributed by atoms with E-state index < -0.39 is 32.1 Å². The molecule has 0 unspecified atom stereocenters. The van der Waals surface area contributed by atoms with Crippen LogP contribution in [-0.4, -0.2) is 8.42 Å². The fraction of sp³-hybridized carbons (Fsp3) is 0.0714. The van der Waals surface area contributed by atoms with E-state index in [0.29, 0.717) is 0 Å². The third-order valence-electron chi connectivity index (χ3n) is 2.74. The van der Waals surface area contributed by atoms with Crippen LogP contribution in [0.5, 0.6) is 0 Å². The zero-order chi connectivity index (χ0) is 15.6. The number of anilines is 1. The molecule has 21 heavy (non-hydrogen) atoms. The van der Waals surface area contributed by atoms with Crippen LogP contribution in [0, 0.1) is 23.0 Å². The summed E-state index contributed by atoms with van der Waals surface area (Å²) >= 11 is 0. The molecule has 0 radical (unpaired) electrons. The molecule has 0 fully saturated rings. The van der Waals surface area contributed by atoms with Crippen molar-refractivity contribution in [2.45, 2.75) is 10.6 Å². The van der Waals surface area contributed by atoms with E-state index in [9.17, 15) is 17.2 Å². The highest BCUT2D eigenvalue weighted by Crippen LogP contribution is 2.25. The molecule has 0 aromatic heterocycles. The van der Waals surface area contributed by atoms with Crippen molar-refractivity contribution in [1.82, 2.24) is 0 Å². The maximum absolute atomic E-state index is 13.7. The summed E-state index contributed by atoms with van der Waals surface area (Å²) in [5.41, 5.74) is 5.59. The molecule has 0 aliphatic carbocycles. The molecular weight excluding hydrogens is 298 g/mol. The van der Waals surface area contributed by atoms with Crippen LogP contribution in [0.3, 0.4) is 0 Å². The van der Waals surface area contributed by atoms with Crippen molar-refractivity contribution < 1.29 is 17.2 Å². The minimum atomic E-state index is -4.23. The summed E-state index contributed by atoms with van der Waals surface area (Å²) in [5.74, 6) is -3.08. The Labute approximate surface area is 120 Å². The Bertz CT molecular complexity index is 819. The lowest BCUT2D eigenvalue weighted by molar-refractivity contribution is 0.520. The van der Waals surface area contributed by atoms with Gasteiger partial charge in [0.05, 0.1) is 17.4 Å². The van der Waals surface area contributed by atoms with Gasteiger partial charge in [-0.3, -0.25) is 0 Å². The number of rotatable bonds is 3. The maximum Gasteiger partial charge on any atom is 0.188 e. The Hall–Kier alpha value is -2.46. The number of halogens is 2. The first-order valence-corrected chi connectivity index (χ1v) is 7.45. The van der Waals surface area contributed by atoms with Gasteiger partial charge in [0.1, 0.15) is 16.5 Å². The molecule has 0 bridgehead atoms. The first-order valence-electron chi connectivity index (χ1n) is 5.80. The summed E-state index contributed by atoms with van der Waals surface area (Å²) in [6, 6.07) is 9.18. The molecule has 0 spiro atoms. The van der Waals surface area contributed by atoms with Gasteiger partial charge in [-0.1, -0.05) is 12.1 Å². The SMILES string of the molecule is N#Cc1cccc(CS(=O)(=O)c2c(F)cc(N)cc2F)c1. The van der Waals surface area contributed by atoms with E-state index in [0.717, 1.165) is 12.1 Å². The molecular formula is C14H10F2N2O2S. The number of benzene rings is 2. The molecule has 2 aromatic carbocycles. The summed E-state index contributed by atoms with van der Waals surface area (Å²) < 4.78 is 51.7. The van der Waals surface area contributed by atoms with Crippen LogP contribution in [0.1, 0.15) is 11.1 Å². The van der Waals surface area contributed by atoms with Gasteiger partial charge in [0.2, 0.25) is 0 Å². The van der Waals surface area contributed by atoms with Gasteiger partial charge in [0, 0.05) is 5.69 Å². The fourth-order valence-corrected chi connectivity index (χ4v) is 3.37. The summed E-state index contributed by atoms with van der Waals surface area (Å²) in [6.45, 7) is 0. The Balaban J connectivity index is 2.46. The predicted molar refractivity (Wildman–Crippen MR) is 72.8 cm³/mol. The van der Waals surface area contributed by atoms with Gasteiger partial charge in [-0.2, -0.15) is 5.26 Å². The molecule has 4 nitrogen and oxygen atoms in total. The molecule has 0 aliphatic heterocycles. The molecule has 0 heterocycles. The second-order valence-corrected chi connectivity index (χ2v) is 6.31. The van der Waals surface area contributed by atoms with Gasteiger partial charge in [0.15, 0.2) is 9.84 Å². The van der Waals surface area contributed by atoms with Crippen LogP contribution in [0.2, 0.25) is 0 Å². The largest absolute Gasteiger partial charge is 0.399 e. The van der Waals surface area contributed by atoms with Crippen LogP contribution >= 0.6 is 0 Å². The summed E-state index contributed by atoms with van der Waals surface area (Å²) in [4.78, 5) is -1.01. The molecule has 0 atom stereocenters. The second-order valence-electron chi connectivity index (χ2n) is 4.38. The van der Waals surface area contributed by atoms with E-state index in [1.54, 1.807) is 0 Å². The molecule has 0 amide bonds. The van der Waals surface area contributed by atoms with Gasteiger partial charge < -0.3 is 5.73 Å². The quantitative estimate of drug-likeness (QED) is 0.882. The molecule has 0 aliphatic rings. The van der Waals surface area contributed by atoms with Crippen molar-refractivity contribution in [1.29, 1.82) is 5.26 Å². The zero-order valence-corrected chi connectivity index (χ0v) is 11.5. The van der Waals surface area contributed by atoms with Crippen molar-refractivity contribution in [2.24, 2.45) is 0 Å². The van der Waals surface area contributed by atoms with Crippen LogP contribution in [0.25, 0.3) is 0 Å². The van der Waals surface area contributed by atoms with Crippen LogP contribution in [-0.2, 0) is 15.6 Å². The second kappa shape index (κ2) is 5.50. The molecule has 7 heteroatoms. The van der Waals surface area contributed by atoms with Crippen LogP contribution in [0.4, 0.5) is 14.5 Å². The third-order valence-corrected chi connectivity index (χ3v) is 4.47.